The number of rotatable bonds is 6. The van der Waals surface area contributed by atoms with Crippen molar-refractivity contribution < 1.29 is 4.79 Å². The lowest BCUT2D eigenvalue weighted by Gasteiger charge is -2.26. The second-order valence-electron chi connectivity index (χ2n) is 6.01. The molecule has 1 heterocycles. The second kappa shape index (κ2) is 8.65. The highest BCUT2D eigenvalue weighted by Crippen LogP contribution is 2.13. The van der Waals surface area contributed by atoms with Crippen LogP contribution in [0.5, 0.6) is 0 Å². The summed E-state index contributed by atoms with van der Waals surface area (Å²) >= 11 is 0. The van der Waals surface area contributed by atoms with Gasteiger partial charge in [0.1, 0.15) is 11.6 Å². The van der Waals surface area contributed by atoms with Gasteiger partial charge >= 0.3 is 0 Å². The van der Waals surface area contributed by atoms with Gasteiger partial charge in [0.2, 0.25) is 0 Å². The normalized spacial score (nSPS) is 11.1. The van der Waals surface area contributed by atoms with E-state index in [0.717, 1.165) is 16.9 Å². The smallest absolute Gasteiger partial charge is 0.266 e. The SMILES string of the molecule is Cc1ccc(N/C=C(/C#N)C(=O)N(Cc2ccccc2)C(C)C)cn1. The molecule has 0 radical (unpaired) electrons. The number of benzene rings is 1. The van der Waals surface area contributed by atoms with Crippen molar-refractivity contribution in [3.8, 4) is 6.07 Å². The van der Waals surface area contributed by atoms with Crippen LogP contribution in [-0.2, 0) is 11.3 Å². The average molecular weight is 334 g/mol. The first kappa shape index (κ1) is 18.2. The summed E-state index contributed by atoms with van der Waals surface area (Å²) in [5, 5.41) is 12.4. The van der Waals surface area contributed by atoms with E-state index in [-0.39, 0.29) is 17.5 Å². The van der Waals surface area contributed by atoms with E-state index in [1.54, 1.807) is 11.1 Å². The van der Waals surface area contributed by atoms with Gasteiger partial charge < -0.3 is 10.2 Å². The van der Waals surface area contributed by atoms with E-state index in [2.05, 4.69) is 10.3 Å². The largest absolute Gasteiger partial charge is 0.359 e. The summed E-state index contributed by atoms with van der Waals surface area (Å²) in [6.45, 7) is 6.23. The fraction of sp³-hybridized carbons (Fsp3) is 0.250. The number of pyridine rings is 1. The predicted molar refractivity (Wildman–Crippen MR) is 98.4 cm³/mol. The number of carbonyl (C=O) groups excluding carboxylic acids is 1. The standard InChI is InChI=1S/C20H22N4O/c1-15(2)24(14-17-7-5-4-6-8-17)20(25)18(11-21)12-23-19-10-9-16(3)22-13-19/h4-10,12-13,15,23H,14H2,1-3H3/b18-12-. The molecule has 0 saturated heterocycles. The van der Waals surface area contributed by atoms with Gasteiger partial charge in [-0.2, -0.15) is 5.26 Å². The topological polar surface area (TPSA) is 69.0 Å². The van der Waals surface area contributed by atoms with Crippen molar-refractivity contribution in [2.24, 2.45) is 0 Å². The molecule has 0 aliphatic carbocycles. The molecule has 128 valence electrons. The van der Waals surface area contributed by atoms with Crippen LogP contribution in [0.3, 0.4) is 0 Å². The molecule has 1 aromatic carbocycles. The Kier molecular flexibility index (Phi) is 6.30. The Balaban J connectivity index is 2.15. The zero-order valence-electron chi connectivity index (χ0n) is 14.7. The summed E-state index contributed by atoms with van der Waals surface area (Å²) in [7, 11) is 0. The predicted octanol–water partition coefficient (Wildman–Crippen LogP) is 3.65. The Morgan fingerprint density at radius 2 is 2.00 bits per heavy atom. The van der Waals surface area contributed by atoms with Crippen LogP contribution in [0, 0.1) is 18.3 Å². The molecule has 0 spiro atoms. The molecule has 1 aromatic heterocycles. The maximum Gasteiger partial charge on any atom is 0.266 e. The maximum absolute atomic E-state index is 12.8. The molecular formula is C20H22N4O. The Morgan fingerprint density at radius 3 is 2.56 bits per heavy atom. The number of carbonyl (C=O) groups is 1. The fourth-order valence-corrected chi connectivity index (χ4v) is 2.27. The fourth-order valence-electron chi connectivity index (χ4n) is 2.27. The van der Waals surface area contributed by atoms with Gasteiger partial charge in [-0.1, -0.05) is 30.3 Å². The van der Waals surface area contributed by atoms with Gasteiger partial charge in [-0.25, -0.2) is 0 Å². The molecule has 0 saturated carbocycles. The third kappa shape index (κ3) is 5.18. The first-order valence-electron chi connectivity index (χ1n) is 8.15. The van der Waals surface area contributed by atoms with Crippen molar-refractivity contribution in [3.05, 3.63) is 71.7 Å². The van der Waals surface area contributed by atoms with Crippen molar-refractivity contribution in [2.45, 2.75) is 33.4 Å². The Labute approximate surface area is 148 Å². The summed E-state index contributed by atoms with van der Waals surface area (Å²) in [6, 6.07) is 15.4. The third-order valence-electron chi connectivity index (χ3n) is 3.73. The minimum atomic E-state index is -0.297. The van der Waals surface area contributed by atoms with Crippen LogP contribution in [0.25, 0.3) is 0 Å². The molecule has 1 N–H and O–H groups in total. The van der Waals surface area contributed by atoms with Gasteiger partial charge in [0.25, 0.3) is 5.91 Å². The molecule has 5 nitrogen and oxygen atoms in total. The number of anilines is 1. The van der Waals surface area contributed by atoms with Crippen LogP contribution < -0.4 is 5.32 Å². The Bertz CT molecular complexity index is 774. The molecule has 1 amide bonds. The van der Waals surface area contributed by atoms with E-state index in [1.165, 1.54) is 6.20 Å². The number of nitriles is 1. The molecule has 25 heavy (non-hydrogen) atoms. The number of hydrogen-bond acceptors (Lipinski definition) is 4. The number of amides is 1. The highest BCUT2D eigenvalue weighted by molar-refractivity contribution is 5.97. The lowest BCUT2D eigenvalue weighted by Crippen LogP contribution is -2.37. The number of hydrogen-bond donors (Lipinski definition) is 1. The van der Waals surface area contributed by atoms with Gasteiger partial charge in [0.05, 0.1) is 11.9 Å². The highest BCUT2D eigenvalue weighted by Gasteiger charge is 2.21. The van der Waals surface area contributed by atoms with Crippen LogP contribution in [0.15, 0.2) is 60.4 Å². The monoisotopic (exact) mass is 334 g/mol. The number of nitrogens with one attached hydrogen (secondary N) is 1. The van der Waals surface area contributed by atoms with Crippen molar-refractivity contribution >= 4 is 11.6 Å². The molecular weight excluding hydrogens is 312 g/mol. The zero-order valence-corrected chi connectivity index (χ0v) is 14.7. The van der Waals surface area contributed by atoms with Gasteiger partial charge in [-0.3, -0.25) is 9.78 Å². The Morgan fingerprint density at radius 1 is 1.28 bits per heavy atom. The molecule has 5 heteroatoms. The van der Waals surface area contributed by atoms with Crippen LogP contribution in [0.4, 0.5) is 5.69 Å². The van der Waals surface area contributed by atoms with E-state index in [4.69, 9.17) is 0 Å². The molecule has 2 aromatic rings. The molecule has 0 aliphatic rings. The second-order valence-corrected chi connectivity index (χ2v) is 6.01. The molecule has 2 rings (SSSR count). The third-order valence-corrected chi connectivity index (χ3v) is 3.73. The summed E-state index contributed by atoms with van der Waals surface area (Å²) in [5.41, 5.74) is 2.72. The minimum absolute atomic E-state index is 0.0227. The van der Waals surface area contributed by atoms with Crippen LogP contribution in [-0.4, -0.2) is 21.8 Å². The first-order chi connectivity index (χ1) is 12.0. The average Bonchev–Trinajstić information content (AvgIpc) is 2.62. The van der Waals surface area contributed by atoms with Gasteiger partial charge in [-0.05, 0) is 38.5 Å². The van der Waals surface area contributed by atoms with Gasteiger partial charge in [0.15, 0.2) is 0 Å². The minimum Gasteiger partial charge on any atom is -0.359 e. The Hall–Kier alpha value is -3.13. The van der Waals surface area contributed by atoms with E-state index in [0.29, 0.717) is 6.54 Å². The number of aromatic nitrogens is 1. The van der Waals surface area contributed by atoms with Crippen molar-refractivity contribution in [3.63, 3.8) is 0 Å². The molecule has 0 fully saturated rings. The summed E-state index contributed by atoms with van der Waals surface area (Å²) < 4.78 is 0. The van der Waals surface area contributed by atoms with E-state index < -0.39 is 0 Å². The molecule has 0 atom stereocenters. The van der Waals surface area contributed by atoms with Gasteiger partial charge in [-0.15, -0.1) is 0 Å². The van der Waals surface area contributed by atoms with Crippen molar-refractivity contribution in [1.29, 1.82) is 5.26 Å². The van der Waals surface area contributed by atoms with Crippen molar-refractivity contribution in [1.82, 2.24) is 9.88 Å². The van der Waals surface area contributed by atoms with Crippen molar-refractivity contribution in [2.75, 3.05) is 5.32 Å². The van der Waals surface area contributed by atoms with Gasteiger partial charge in [0, 0.05) is 24.5 Å². The van der Waals surface area contributed by atoms with E-state index in [1.807, 2.05) is 69.3 Å². The molecule has 0 unspecified atom stereocenters. The highest BCUT2D eigenvalue weighted by atomic mass is 16.2. The molecule has 0 bridgehead atoms. The molecule has 0 aliphatic heterocycles. The maximum atomic E-state index is 12.8. The summed E-state index contributed by atoms with van der Waals surface area (Å²) in [6.07, 6.45) is 3.10. The zero-order chi connectivity index (χ0) is 18.2. The van der Waals surface area contributed by atoms with E-state index >= 15 is 0 Å². The quantitative estimate of drug-likeness (QED) is 0.647. The van der Waals surface area contributed by atoms with Crippen LogP contribution in [0.1, 0.15) is 25.1 Å². The first-order valence-corrected chi connectivity index (χ1v) is 8.15. The van der Waals surface area contributed by atoms with Crippen LogP contribution >= 0.6 is 0 Å². The number of aryl methyl sites for hydroxylation is 1. The van der Waals surface area contributed by atoms with E-state index in [9.17, 15) is 10.1 Å². The lowest BCUT2D eigenvalue weighted by molar-refractivity contribution is -0.129. The number of nitrogens with zero attached hydrogens (tertiary/aromatic N) is 3. The lowest BCUT2D eigenvalue weighted by atomic mass is 10.1. The summed E-state index contributed by atoms with van der Waals surface area (Å²) in [5.74, 6) is -0.297. The van der Waals surface area contributed by atoms with Crippen LogP contribution in [0.2, 0.25) is 0 Å². The summed E-state index contributed by atoms with van der Waals surface area (Å²) in [4.78, 5) is 18.6.